The van der Waals surface area contributed by atoms with Crippen LogP contribution in [-0.2, 0) is 9.84 Å². The molecule has 6 nitrogen and oxygen atoms in total. The van der Waals surface area contributed by atoms with Gasteiger partial charge in [0.15, 0.2) is 5.01 Å². The highest BCUT2D eigenvalue weighted by Gasteiger charge is 2.13. The molecule has 0 radical (unpaired) electrons. The van der Waals surface area contributed by atoms with Crippen LogP contribution in [0, 0.1) is 11.3 Å². The molecular formula is C9H6N4O2S2. The highest BCUT2D eigenvalue weighted by atomic mass is 32.2. The molecule has 17 heavy (non-hydrogen) atoms. The van der Waals surface area contributed by atoms with Gasteiger partial charge >= 0.3 is 0 Å². The van der Waals surface area contributed by atoms with Gasteiger partial charge in [-0.25, -0.2) is 23.4 Å². The number of nitriles is 1. The van der Waals surface area contributed by atoms with E-state index in [1.54, 1.807) is 11.4 Å². The molecule has 0 fully saturated rings. The van der Waals surface area contributed by atoms with Gasteiger partial charge in [-0.1, -0.05) is 0 Å². The fourth-order valence-electron chi connectivity index (χ4n) is 1.10. The first-order chi connectivity index (χ1) is 8.00. The predicted octanol–water partition coefficient (Wildman–Crippen LogP) is 0.875. The van der Waals surface area contributed by atoms with Gasteiger partial charge in [0.2, 0.25) is 15.0 Å². The first-order valence-electron chi connectivity index (χ1n) is 4.40. The van der Waals surface area contributed by atoms with Crippen LogP contribution in [0.1, 0.15) is 5.01 Å². The Morgan fingerprint density at radius 1 is 1.35 bits per heavy atom. The topological polar surface area (TPSA) is 96.6 Å². The van der Waals surface area contributed by atoms with E-state index in [-0.39, 0.29) is 5.16 Å². The van der Waals surface area contributed by atoms with E-state index in [9.17, 15) is 8.42 Å². The third kappa shape index (κ3) is 2.46. The second-order valence-corrected chi connectivity index (χ2v) is 5.91. The maximum absolute atomic E-state index is 11.3. The predicted molar refractivity (Wildman–Crippen MR) is 61.0 cm³/mol. The first-order valence-corrected chi connectivity index (χ1v) is 7.17. The highest BCUT2D eigenvalue weighted by Crippen LogP contribution is 2.19. The summed E-state index contributed by atoms with van der Waals surface area (Å²) in [5, 5.41) is 10.4. The van der Waals surface area contributed by atoms with Crippen molar-refractivity contribution in [3.63, 3.8) is 0 Å². The van der Waals surface area contributed by atoms with Gasteiger partial charge in [0.05, 0.1) is 5.69 Å². The van der Waals surface area contributed by atoms with E-state index in [1.165, 1.54) is 17.5 Å². The van der Waals surface area contributed by atoms with Crippen molar-refractivity contribution >= 4 is 21.2 Å². The van der Waals surface area contributed by atoms with E-state index < -0.39 is 9.84 Å². The van der Waals surface area contributed by atoms with Crippen molar-refractivity contribution in [2.45, 2.75) is 5.16 Å². The molecule has 0 atom stereocenters. The Kier molecular flexibility index (Phi) is 2.87. The second kappa shape index (κ2) is 4.20. The summed E-state index contributed by atoms with van der Waals surface area (Å²) in [6, 6.07) is 3.45. The Bertz CT molecular complexity index is 700. The largest absolute Gasteiger partial charge is 0.247 e. The monoisotopic (exact) mass is 266 g/mol. The number of rotatable bonds is 2. The van der Waals surface area contributed by atoms with Crippen LogP contribution in [0.15, 0.2) is 22.8 Å². The smallest absolute Gasteiger partial charge is 0.227 e. The summed E-state index contributed by atoms with van der Waals surface area (Å²) in [6.45, 7) is 0. The van der Waals surface area contributed by atoms with Crippen LogP contribution in [0.5, 0.6) is 0 Å². The summed E-state index contributed by atoms with van der Waals surface area (Å²) >= 11 is 1.18. The van der Waals surface area contributed by atoms with Crippen molar-refractivity contribution in [3.8, 4) is 17.5 Å². The molecule has 0 unspecified atom stereocenters. The van der Waals surface area contributed by atoms with E-state index in [2.05, 4.69) is 15.0 Å². The molecule has 0 saturated carbocycles. The van der Waals surface area contributed by atoms with Crippen LogP contribution in [0.2, 0.25) is 0 Å². The van der Waals surface area contributed by atoms with Crippen molar-refractivity contribution < 1.29 is 8.42 Å². The summed E-state index contributed by atoms with van der Waals surface area (Å²) in [7, 11) is -3.44. The number of sulfone groups is 1. The van der Waals surface area contributed by atoms with E-state index in [0.717, 1.165) is 6.26 Å². The average molecular weight is 266 g/mol. The molecule has 0 saturated heterocycles. The van der Waals surface area contributed by atoms with E-state index in [1.807, 2.05) is 6.07 Å². The van der Waals surface area contributed by atoms with Gasteiger partial charge in [0.25, 0.3) is 0 Å². The Balaban J connectivity index is 2.51. The standard InChI is InChI=1S/C9H6N4O2S2/c1-17(14,15)9-11-3-2-6(13-9)7-5-16-8(4-10)12-7/h2-3,5H,1H3. The van der Waals surface area contributed by atoms with Gasteiger partial charge in [-0.05, 0) is 6.07 Å². The van der Waals surface area contributed by atoms with Crippen LogP contribution in [0.3, 0.4) is 0 Å². The molecule has 2 heterocycles. The molecule has 8 heteroatoms. The highest BCUT2D eigenvalue weighted by molar-refractivity contribution is 7.90. The van der Waals surface area contributed by atoms with Crippen LogP contribution in [0.25, 0.3) is 11.4 Å². The lowest BCUT2D eigenvalue weighted by atomic mass is 10.3. The van der Waals surface area contributed by atoms with Gasteiger partial charge < -0.3 is 0 Å². The lowest BCUT2D eigenvalue weighted by molar-refractivity contribution is 0.593. The van der Waals surface area contributed by atoms with Gasteiger partial charge in [0, 0.05) is 17.8 Å². The molecule has 2 rings (SSSR count). The second-order valence-electron chi connectivity index (χ2n) is 3.15. The SMILES string of the molecule is CS(=O)(=O)c1nccc(-c2csc(C#N)n2)n1. The molecule has 0 aliphatic heterocycles. The number of thiazole rings is 1. The lowest BCUT2D eigenvalue weighted by Gasteiger charge is -1.98. The summed E-state index contributed by atoms with van der Waals surface area (Å²) < 4.78 is 22.6. The van der Waals surface area contributed by atoms with E-state index >= 15 is 0 Å². The van der Waals surface area contributed by atoms with Crippen molar-refractivity contribution in [2.75, 3.05) is 6.26 Å². The van der Waals surface area contributed by atoms with Gasteiger partial charge in [-0.2, -0.15) is 5.26 Å². The normalized spacial score (nSPS) is 11.1. The number of hydrogen-bond acceptors (Lipinski definition) is 7. The molecule has 0 aliphatic carbocycles. The molecular weight excluding hydrogens is 260 g/mol. The Morgan fingerprint density at radius 3 is 2.71 bits per heavy atom. The Hall–Kier alpha value is -1.85. The van der Waals surface area contributed by atoms with E-state index in [0.29, 0.717) is 16.4 Å². The van der Waals surface area contributed by atoms with Crippen LogP contribution < -0.4 is 0 Å². The summed E-state index contributed by atoms with van der Waals surface area (Å²) in [5.41, 5.74) is 0.858. The zero-order chi connectivity index (χ0) is 12.5. The fraction of sp³-hybridized carbons (Fsp3) is 0.111. The van der Waals surface area contributed by atoms with Crippen molar-refractivity contribution in [1.82, 2.24) is 15.0 Å². The number of aromatic nitrogens is 3. The van der Waals surface area contributed by atoms with Crippen LogP contribution in [0.4, 0.5) is 0 Å². The molecule has 0 aliphatic rings. The minimum absolute atomic E-state index is 0.249. The molecule has 0 aromatic carbocycles. The fourth-order valence-corrected chi connectivity index (χ4v) is 2.22. The van der Waals surface area contributed by atoms with Crippen molar-refractivity contribution in [2.24, 2.45) is 0 Å². The number of hydrogen-bond donors (Lipinski definition) is 0. The van der Waals surface area contributed by atoms with Gasteiger partial charge in [-0.15, -0.1) is 11.3 Å². The third-order valence-corrected chi connectivity index (χ3v) is 3.43. The average Bonchev–Trinajstić information content (AvgIpc) is 2.76. The molecule has 0 N–H and O–H groups in total. The quantitative estimate of drug-likeness (QED) is 0.748. The zero-order valence-electron chi connectivity index (χ0n) is 8.65. The molecule has 2 aromatic rings. The molecule has 0 bridgehead atoms. The summed E-state index contributed by atoms with van der Waals surface area (Å²) in [4.78, 5) is 11.6. The molecule has 0 spiro atoms. The molecule has 86 valence electrons. The Labute approximate surface area is 102 Å². The van der Waals surface area contributed by atoms with Crippen molar-refractivity contribution in [3.05, 3.63) is 22.7 Å². The maximum atomic E-state index is 11.3. The van der Waals surface area contributed by atoms with Gasteiger partial charge in [-0.3, -0.25) is 0 Å². The molecule has 2 aromatic heterocycles. The summed E-state index contributed by atoms with van der Waals surface area (Å²) in [5.74, 6) is 0. The van der Waals surface area contributed by atoms with Gasteiger partial charge in [0.1, 0.15) is 11.8 Å². The minimum Gasteiger partial charge on any atom is -0.227 e. The number of nitrogens with zero attached hydrogens (tertiary/aromatic N) is 4. The minimum atomic E-state index is -3.44. The lowest BCUT2D eigenvalue weighted by Crippen LogP contribution is -2.04. The van der Waals surface area contributed by atoms with Crippen LogP contribution >= 0.6 is 11.3 Å². The molecule has 0 amide bonds. The Morgan fingerprint density at radius 2 is 2.12 bits per heavy atom. The maximum Gasteiger partial charge on any atom is 0.247 e. The van der Waals surface area contributed by atoms with E-state index in [4.69, 9.17) is 5.26 Å². The third-order valence-electron chi connectivity index (χ3n) is 1.83. The summed E-state index contributed by atoms with van der Waals surface area (Å²) in [6.07, 6.45) is 2.39. The zero-order valence-corrected chi connectivity index (χ0v) is 10.3. The van der Waals surface area contributed by atoms with Crippen molar-refractivity contribution in [1.29, 1.82) is 5.26 Å². The first kappa shape index (κ1) is 11.6. The van der Waals surface area contributed by atoms with Crippen LogP contribution in [-0.4, -0.2) is 29.6 Å².